The average molecular weight is 2020 g/mol. The van der Waals surface area contributed by atoms with Crippen LogP contribution in [0.3, 0.4) is 0 Å². The molecule has 750 valence electrons. The Kier molecular flexibility index (Phi) is 23.1. The zero-order valence-corrected chi connectivity index (χ0v) is 70.8. The molecule has 56 heteroatoms. The standard InChI is InChI=1S/C89H58O56/c90-28-1-17(2-29(91)50(28)101)77(120)131-15-42-72-74-76(88(136-42)144-78(121)18-3-30(92)51(102)31(93)4-18)143-83(126)22-9-36(98)55(106)63(114)46(22)48-24(85(128)141-74)13-39(58(109)65(48)116)133-69-26(10-37(99)56(107)67(69)118)86(129)135-41-12-23-47(64(115)60(41)111)44-20(7-34(96)53(104)61(44)112)81(124)138-71-43(16-132-80(23)123)137-89(145-79(122)19-5-32(94)52(103)33(95)6-19)75-73(71)140-84(127)25-14-40(134-70-27(87(130)139-72)11-38(100)57(108)68(70)119)59(110)66(117)49(25)45-21(82(125)142-75)8-35(97)54(105)62(45)113/h1-14,42-43,71-76,88-119H,15-16H2/t42-,43-,71+,72+,73+,74-,75+,76-,88-,89+/m1/s1. The molecular formula is C89H58O56. The molecule has 0 radical (unpaired) electrons. The van der Waals surface area contributed by atoms with Crippen LogP contribution in [0.25, 0.3) is 33.4 Å². The maximum Gasteiger partial charge on any atom is 0.347 e. The topological polar surface area (TPSA) is 933 Å². The molecule has 6 aliphatic rings. The number of fused-ring (bicyclic) bond motifs is 15. The van der Waals surface area contributed by atoms with Gasteiger partial charge in [0.15, 0.2) is 168 Å². The summed E-state index contributed by atoms with van der Waals surface area (Å²) in [6.07, 6.45) is -30.1. The molecule has 0 spiro atoms. The van der Waals surface area contributed by atoms with Crippen molar-refractivity contribution in [1.29, 1.82) is 0 Å². The number of carbonyl (C=O) groups excluding carboxylic acids is 11. The van der Waals surface area contributed by atoms with Crippen molar-refractivity contribution in [3.05, 3.63) is 146 Å². The molecule has 2 saturated heterocycles. The molecule has 11 aromatic rings. The molecule has 0 aliphatic carbocycles. The zero-order chi connectivity index (χ0) is 105. The highest BCUT2D eigenvalue weighted by molar-refractivity contribution is 6.13. The fraction of sp³-hybridized carbons (Fsp3) is 0.135. The lowest BCUT2D eigenvalue weighted by Crippen LogP contribution is -2.63. The summed E-state index contributed by atoms with van der Waals surface area (Å²) in [7, 11) is 0. The molecule has 10 bridgehead atoms. The van der Waals surface area contributed by atoms with Crippen LogP contribution < -0.4 is 14.2 Å². The maximum atomic E-state index is 16.2. The second-order valence-corrected chi connectivity index (χ2v) is 31.5. The quantitative estimate of drug-likeness (QED) is 0.0443. The van der Waals surface area contributed by atoms with Crippen LogP contribution in [0.4, 0.5) is 0 Å². The van der Waals surface area contributed by atoms with E-state index in [0.29, 0.717) is 36.4 Å². The second kappa shape index (κ2) is 35.0. The van der Waals surface area contributed by atoms with Crippen LogP contribution in [0, 0.1) is 0 Å². The Bertz CT molecular complexity index is 7570. The Morgan fingerprint density at radius 3 is 0.855 bits per heavy atom. The minimum Gasteiger partial charge on any atom is -0.504 e. The van der Waals surface area contributed by atoms with Crippen LogP contribution >= 0.6 is 0 Å². The summed E-state index contributed by atoms with van der Waals surface area (Å²) in [4.78, 5) is 169. The number of ether oxygens (including phenoxy) is 15. The number of benzene rings is 11. The van der Waals surface area contributed by atoms with Crippen molar-refractivity contribution >= 4 is 65.7 Å². The van der Waals surface area contributed by atoms with Gasteiger partial charge < -0.3 is 224 Å². The predicted octanol–water partition coefficient (Wildman–Crippen LogP) is 4.74. The Hall–Kier alpha value is -20.9. The number of phenolic OH excluding ortho intramolecular Hbond substituents is 30. The molecule has 30 N–H and O–H groups in total. The zero-order valence-electron chi connectivity index (χ0n) is 70.8. The maximum absolute atomic E-state index is 16.2. The number of rotatable bonds is 7. The second-order valence-electron chi connectivity index (χ2n) is 31.5. The molecule has 11 aromatic carbocycles. The first-order chi connectivity index (χ1) is 68.3. The van der Waals surface area contributed by atoms with Gasteiger partial charge in [-0.15, -0.1) is 0 Å². The molecule has 10 atom stereocenters. The highest BCUT2D eigenvalue weighted by atomic mass is 16.8. The largest absolute Gasteiger partial charge is 0.504 e. The summed E-state index contributed by atoms with van der Waals surface area (Å²) >= 11 is 0. The van der Waals surface area contributed by atoms with E-state index in [-0.39, 0.29) is 48.5 Å². The average Bonchev–Trinajstić information content (AvgIpc) is 1.18. The Labute approximate surface area is 795 Å². The van der Waals surface area contributed by atoms with E-state index in [0.717, 1.165) is 0 Å². The van der Waals surface area contributed by atoms with E-state index < -0.39 is 436 Å². The fourth-order valence-electron chi connectivity index (χ4n) is 15.8. The molecular weight excluding hydrogens is 1960 g/mol. The van der Waals surface area contributed by atoms with Gasteiger partial charge in [-0.3, -0.25) is 0 Å². The molecule has 0 saturated carbocycles. The number of hydrogen-bond donors (Lipinski definition) is 30. The molecule has 56 nitrogen and oxygen atoms in total. The highest BCUT2D eigenvalue weighted by Gasteiger charge is 2.59. The summed E-state index contributed by atoms with van der Waals surface area (Å²) in [5.74, 6) is -82.1. The first-order valence-electron chi connectivity index (χ1n) is 40.2. The molecule has 17 rings (SSSR count). The summed E-state index contributed by atoms with van der Waals surface area (Å²) in [6.45, 7) is -3.48. The van der Waals surface area contributed by atoms with Gasteiger partial charge in [0, 0.05) is 63.7 Å². The van der Waals surface area contributed by atoms with Crippen LogP contribution in [0.5, 0.6) is 201 Å². The smallest absolute Gasteiger partial charge is 0.347 e. The van der Waals surface area contributed by atoms with Gasteiger partial charge in [-0.2, -0.15) is 0 Å². The van der Waals surface area contributed by atoms with E-state index in [1.165, 1.54) is 0 Å². The Balaban J connectivity index is 0.937. The number of esters is 11. The minimum absolute atomic E-state index is 0.0182. The van der Waals surface area contributed by atoms with Crippen LogP contribution in [-0.2, 0) is 56.8 Å². The molecule has 0 aromatic heterocycles. The van der Waals surface area contributed by atoms with E-state index in [2.05, 4.69) is 0 Å². The molecule has 145 heavy (non-hydrogen) atoms. The van der Waals surface area contributed by atoms with Crippen LogP contribution in [0.2, 0.25) is 0 Å². The van der Waals surface area contributed by atoms with Crippen molar-refractivity contribution in [1.82, 2.24) is 0 Å². The summed E-state index contributed by atoms with van der Waals surface area (Å²) in [6, 6.07) is 3.14. The summed E-state index contributed by atoms with van der Waals surface area (Å²) < 4.78 is 86.7. The van der Waals surface area contributed by atoms with Crippen LogP contribution in [0.15, 0.2) is 84.9 Å². The fourth-order valence-corrected chi connectivity index (χ4v) is 15.8. The van der Waals surface area contributed by atoms with Gasteiger partial charge in [-0.1, -0.05) is 0 Å². The molecule has 6 heterocycles. The molecule has 2 fully saturated rings. The summed E-state index contributed by atoms with van der Waals surface area (Å²) in [5, 5.41) is 341. The Morgan fingerprint density at radius 1 is 0.241 bits per heavy atom. The van der Waals surface area contributed by atoms with Gasteiger partial charge in [0.1, 0.15) is 36.5 Å². The van der Waals surface area contributed by atoms with Gasteiger partial charge in [-0.05, 0) is 54.6 Å². The van der Waals surface area contributed by atoms with Crippen molar-refractivity contribution < 1.29 is 277 Å². The number of carbonyl (C=O) groups is 11. The van der Waals surface area contributed by atoms with Gasteiger partial charge in [-0.25, -0.2) is 52.7 Å². The third kappa shape index (κ3) is 15.9. The first-order valence-corrected chi connectivity index (χ1v) is 40.2. The van der Waals surface area contributed by atoms with Gasteiger partial charge in [0.25, 0.3) is 0 Å². The van der Waals surface area contributed by atoms with E-state index in [1.807, 2.05) is 0 Å². The van der Waals surface area contributed by atoms with E-state index >= 15 is 38.4 Å². The van der Waals surface area contributed by atoms with Gasteiger partial charge >= 0.3 is 65.7 Å². The lowest BCUT2D eigenvalue weighted by Gasteiger charge is -2.44. The highest BCUT2D eigenvalue weighted by Crippen LogP contribution is 2.62. The van der Waals surface area contributed by atoms with E-state index in [4.69, 9.17) is 71.1 Å². The van der Waals surface area contributed by atoms with E-state index in [9.17, 15) is 168 Å². The molecule has 6 aliphatic heterocycles. The molecule has 0 amide bonds. The van der Waals surface area contributed by atoms with Crippen LogP contribution in [0.1, 0.15) is 114 Å². The number of phenols is 30. The third-order valence-corrected chi connectivity index (χ3v) is 22.8. The number of aromatic hydroxyl groups is 30. The van der Waals surface area contributed by atoms with Crippen molar-refractivity contribution in [2.75, 3.05) is 13.2 Å². The van der Waals surface area contributed by atoms with E-state index in [1.54, 1.807) is 0 Å². The SMILES string of the molecule is O=C(OC[C@H]1O[C@H](OC(=O)c2cc(O)c(O)c(O)c2)[C@@H]2OC(=O)c3cc(O)c(O)c(O)c3-c3c4cc(c(O)c3O)Oc3c(cc(O)c(O)c3O)C(=O)Oc3cc5c(c(O)c3O)-c3c(cc(O)c(O)c3O)C(=O)O[C@@H]3[C@@H]6OC(=O)c7cc(c(O)c(O)c7-c7c(cc(O)c(O)c7O)C(=O)O[C@@H]6[C@H](OC(=O)c6cc(O)c(O)c(O)c6)O[C@@H]3COC5=O)Oc3c(cc(O)c(O)c3O)C(=O)O[C@@H]1[C@H]2OC4=O)c1cc(O)c(O)c(O)c1. The lowest BCUT2D eigenvalue weighted by molar-refractivity contribution is -0.283. The van der Waals surface area contributed by atoms with Crippen molar-refractivity contribution in [3.8, 4) is 235 Å². The minimum atomic E-state index is -3.23. The van der Waals surface area contributed by atoms with Gasteiger partial charge in [0.05, 0.1) is 50.1 Å². The number of hydrogen-bond acceptors (Lipinski definition) is 56. The molecule has 0 unspecified atom stereocenters. The van der Waals surface area contributed by atoms with Crippen molar-refractivity contribution in [2.45, 2.75) is 61.4 Å². The third-order valence-electron chi connectivity index (χ3n) is 22.8. The van der Waals surface area contributed by atoms with Crippen LogP contribution in [-0.4, -0.2) is 293 Å². The lowest BCUT2D eigenvalue weighted by atomic mass is 9.90. The monoisotopic (exact) mass is 2020 g/mol. The van der Waals surface area contributed by atoms with Crippen molar-refractivity contribution in [2.24, 2.45) is 0 Å². The normalized spacial score (nSPS) is 19.4. The van der Waals surface area contributed by atoms with Gasteiger partial charge in [0.2, 0.25) is 82.3 Å². The summed E-state index contributed by atoms with van der Waals surface area (Å²) in [5.41, 5.74) is -24.9. The first kappa shape index (κ1) is 95.8. The Morgan fingerprint density at radius 2 is 0.497 bits per heavy atom. The predicted molar refractivity (Wildman–Crippen MR) is 447 cm³/mol. The van der Waals surface area contributed by atoms with Crippen molar-refractivity contribution in [3.63, 3.8) is 0 Å².